The van der Waals surface area contributed by atoms with E-state index >= 15 is 0 Å². The monoisotopic (exact) mass is 234 g/mol. The van der Waals surface area contributed by atoms with Gasteiger partial charge in [0.25, 0.3) is 0 Å². The molecule has 0 aromatic heterocycles. The SMILES string of the molecule is Cc1ccccc1NC1(C(=O)O)CCNCC1. The molecule has 1 aliphatic heterocycles. The van der Waals surface area contributed by atoms with Crippen LogP contribution < -0.4 is 10.6 Å². The van der Waals surface area contributed by atoms with Crippen molar-refractivity contribution in [2.24, 2.45) is 0 Å². The number of carboxylic acids is 1. The van der Waals surface area contributed by atoms with Gasteiger partial charge in [0.05, 0.1) is 0 Å². The van der Waals surface area contributed by atoms with Gasteiger partial charge < -0.3 is 15.7 Å². The first kappa shape index (κ1) is 11.9. The first-order valence-electron chi connectivity index (χ1n) is 5.92. The largest absolute Gasteiger partial charge is 0.480 e. The molecule has 0 radical (unpaired) electrons. The van der Waals surface area contributed by atoms with Crippen molar-refractivity contribution in [1.82, 2.24) is 5.32 Å². The Kier molecular flexibility index (Phi) is 3.33. The zero-order valence-electron chi connectivity index (χ0n) is 9.99. The number of anilines is 1. The van der Waals surface area contributed by atoms with Gasteiger partial charge in [-0.1, -0.05) is 18.2 Å². The lowest BCUT2D eigenvalue weighted by Crippen LogP contribution is -2.53. The molecule has 92 valence electrons. The molecule has 1 aromatic carbocycles. The summed E-state index contributed by atoms with van der Waals surface area (Å²) < 4.78 is 0. The third kappa shape index (κ3) is 2.42. The molecule has 1 fully saturated rings. The predicted octanol–water partition coefficient (Wildman–Crippen LogP) is 1.61. The summed E-state index contributed by atoms with van der Waals surface area (Å²) >= 11 is 0. The molecule has 0 amide bonds. The van der Waals surface area contributed by atoms with E-state index in [0.29, 0.717) is 12.8 Å². The smallest absolute Gasteiger partial charge is 0.329 e. The first-order valence-corrected chi connectivity index (χ1v) is 5.92. The van der Waals surface area contributed by atoms with Crippen LogP contribution in [0.4, 0.5) is 5.69 Å². The fraction of sp³-hybridized carbons (Fsp3) is 0.462. The highest BCUT2D eigenvalue weighted by Gasteiger charge is 2.39. The average Bonchev–Trinajstić information content (AvgIpc) is 2.33. The second-order valence-electron chi connectivity index (χ2n) is 4.58. The van der Waals surface area contributed by atoms with Crippen molar-refractivity contribution in [1.29, 1.82) is 0 Å². The van der Waals surface area contributed by atoms with Crippen molar-refractivity contribution in [3.8, 4) is 0 Å². The number of aliphatic carboxylic acids is 1. The molecule has 0 spiro atoms. The lowest BCUT2D eigenvalue weighted by Gasteiger charge is -2.35. The number of piperidine rings is 1. The van der Waals surface area contributed by atoms with Crippen LogP contribution in [-0.2, 0) is 4.79 Å². The Morgan fingerprint density at radius 1 is 1.35 bits per heavy atom. The molecule has 4 nitrogen and oxygen atoms in total. The minimum absolute atomic E-state index is 0.608. The van der Waals surface area contributed by atoms with E-state index in [-0.39, 0.29) is 0 Å². The van der Waals surface area contributed by atoms with Gasteiger partial charge in [-0.15, -0.1) is 0 Å². The molecule has 1 saturated heterocycles. The summed E-state index contributed by atoms with van der Waals surface area (Å²) in [7, 11) is 0. The number of aryl methyl sites for hydroxylation is 1. The van der Waals surface area contributed by atoms with Gasteiger partial charge in [-0.2, -0.15) is 0 Å². The second-order valence-corrected chi connectivity index (χ2v) is 4.58. The number of benzene rings is 1. The van der Waals surface area contributed by atoms with E-state index in [1.165, 1.54) is 0 Å². The second kappa shape index (κ2) is 4.75. The van der Waals surface area contributed by atoms with E-state index in [9.17, 15) is 9.90 Å². The maximum Gasteiger partial charge on any atom is 0.329 e. The van der Waals surface area contributed by atoms with Gasteiger partial charge in [-0.3, -0.25) is 0 Å². The van der Waals surface area contributed by atoms with Crippen molar-refractivity contribution in [2.75, 3.05) is 18.4 Å². The summed E-state index contributed by atoms with van der Waals surface area (Å²) in [5.41, 5.74) is 1.17. The van der Waals surface area contributed by atoms with E-state index in [2.05, 4.69) is 10.6 Å². The van der Waals surface area contributed by atoms with Crippen LogP contribution in [0.5, 0.6) is 0 Å². The van der Waals surface area contributed by atoms with Crippen LogP contribution in [0.2, 0.25) is 0 Å². The maximum absolute atomic E-state index is 11.5. The Balaban J connectivity index is 2.24. The van der Waals surface area contributed by atoms with Crippen LogP contribution in [0, 0.1) is 6.92 Å². The minimum Gasteiger partial charge on any atom is -0.480 e. The Labute approximate surface area is 101 Å². The topological polar surface area (TPSA) is 61.4 Å². The van der Waals surface area contributed by atoms with Gasteiger partial charge in [0.2, 0.25) is 0 Å². The fourth-order valence-corrected chi connectivity index (χ4v) is 2.22. The number of carbonyl (C=O) groups is 1. The summed E-state index contributed by atoms with van der Waals surface area (Å²) in [6.45, 7) is 3.47. The van der Waals surface area contributed by atoms with Crippen LogP contribution >= 0.6 is 0 Å². The van der Waals surface area contributed by atoms with E-state index < -0.39 is 11.5 Å². The van der Waals surface area contributed by atoms with Gasteiger partial charge in [-0.05, 0) is 44.5 Å². The standard InChI is InChI=1S/C13H18N2O2/c1-10-4-2-3-5-11(10)15-13(12(16)17)6-8-14-9-7-13/h2-5,14-15H,6-9H2,1H3,(H,16,17). The quantitative estimate of drug-likeness (QED) is 0.743. The number of rotatable bonds is 3. The Morgan fingerprint density at radius 3 is 2.59 bits per heavy atom. The molecule has 4 heteroatoms. The van der Waals surface area contributed by atoms with Gasteiger partial charge in [0.1, 0.15) is 5.54 Å². The normalized spacial score (nSPS) is 18.6. The van der Waals surface area contributed by atoms with Crippen LogP contribution in [0.25, 0.3) is 0 Å². The lowest BCUT2D eigenvalue weighted by atomic mass is 9.88. The van der Waals surface area contributed by atoms with Crippen LogP contribution in [0.15, 0.2) is 24.3 Å². The summed E-state index contributed by atoms with van der Waals surface area (Å²) in [5.74, 6) is -0.762. The zero-order chi connectivity index (χ0) is 12.3. The molecule has 0 atom stereocenters. The molecule has 0 aliphatic carbocycles. The number of carboxylic acid groups (broad SMARTS) is 1. The van der Waals surface area contributed by atoms with Gasteiger partial charge in [0, 0.05) is 5.69 Å². The number of para-hydroxylation sites is 1. The molecule has 1 aliphatic rings. The van der Waals surface area contributed by atoms with E-state index in [4.69, 9.17) is 0 Å². The molecular weight excluding hydrogens is 216 g/mol. The highest BCUT2D eigenvalue weighted by molar-refractivity contribution is 5.83. The molecular formula is C13H18N2O2. The van der Waals surface area contributed by atoms with Gasteiger partial charge in [-0.25, -0.2) is 4.79 Å². The van der Waals surface area contributed by atoms with Crippen molar-refractivity contribution in [2.45, 2.75) is 25.3 Å². The van der Waals surface area contributed by atoms with E-state index in [0.717, 1.165) is 24.3 Å². The maximum atomic E-state index is 11.5. The van der Waals surface area contributed by atoms with Crippen LogP contribution in [0.3, 0.4) is 0 Å². The summed E-state index contributed by atoms with van der Waals surface area (Å²) in [4.78, 5) is 11.5. The average molecular weight is 234 g/mol. The molecule has 2 rings (SSSR count). The first-order chi connectivity index (χ1) is 8.14. The third-order valence-electron chi connectivity index (χ3n) is 3.39. The fourth-order valence-electron chi connectivity index (χ4n) is 2.22. The number of hydrogen-bond donors (Lipinski definition) is 3. The molecule has 0 bridgehead atoms. The summed E-state index contributed by atoms with van der Waals surface area (Å²) in [6, 6.07) is 7.79. The van der Waals surface area contributed by atoms with Crippen LogP contribution in [-0.4, -0.2) is 29.7 Å². The molecule has 1 heterocycles. The highest BCUT2D eigenvalue weighted by atomic mass is 16.4. The summed E-state index contributed by atoms with van der Waals surface area (Å²) in [5, 5.41) is 15.9. The van der Waals surface area contributed by atoms with Crippen LogP contribution in [0.1, 0.15) is 18.4 Å². The summed E-state index contributed by atoms with van der Waals surface area (Å²) in [6.07, 6.45) is 1.22. The molecule has 3 N–H and O–H groups in total. The van der Waals surface area contributed by atoms with Gasteiger partial charge >= 0.3 is 5.97 Å². The van der Waals surface area contributed by atoms with Crippen molar-refractivity contribution < 1.29 is 9.90 Å². The third-order valence-corrected chi connectivity index (χ3v) is 3.39. The predicted molar refractivity (Wildman–Crippen MR) is 67.3 cm³/mol. The van der Waals surface area contributed by atoms with Crippen molar-refractivity contribution >= 4 is 11.7 Å². The Morgan fingerprint density at radius 2 is 2.00 bits per heavy atom. The van der Waals surface area contributed by atoms with Gasteiger partial charge in [0.15, 0.2) is 0 Å². The number of hydrogen-bond acceptors (Lipinski definition) is 3. The number of nitrogens with one attached hydrogen (secondary N) is 2. The van der Waals surface area contributed by atoms with E-state index in [1.54, 1.807) is 0 Å². The van der Waals surface area contributed by atoms with Crippen molar-refractivity contribution in [3.05, 3.63) is 29.8 Å². The molecule has 1 aromatic rings. The molecule has 17 heavy (non-hydrogen) atoms. The van der Waals surface area contributed by atoms with E-state index in [1.807, 2.05) is 31.2 Å². The van der Waals surface area contributed by atoms with Crippen molar-refractivity contribution in [3.63, 3.8) is 0 Å². The minimum atomic E-state index is -0.822. The molecule has 0 unspecified atom stereocenters. The Bertz CT molecular complexity index is 412. The molecule has 0 saturated carbocycles. The highest BCUT2D eigenvalue weighted by Crippen LogP contribution is 2.26. The Hall–Kier alpha value is -1.55. The lowest BCUT2D eigenvalue weighted by molar-refractivity contribution is -0.143. The zero-order valence-corrected chi connectivity index (χ0v) is 9.99.